The van der Waals surface area contributed by atoms with E-state index in [0.29, 0.717) is 10.8 Å². The van der Waals surface area contributed by atoms with Crippen LogP contribution in [0.1, 0.15) is 0 Å². The van der Waals surface area contributed by atoms with Crippen molar-refractivity contribution >= 4 is 44.3 Å². The topological polar surface area (TPSA) is 38.9 Å². The fourth-order valence-corrected chi connectivity index (χ4v) is 4.91. The third-order valence-electron chi connectivity index (χ3n) is 6.55. The van der Waals surface area contributed by atoms with Crippen molar-refractivity contribution < 1.29 is 4.42 Å². The van der Waals surface area contributed by atoms with Crippen LogP contribution in [-0.4, -0.2) is 9.97 Å². The third kappa shape index (κ3) is 3.53. The molecule has 0 aliphatic heterocycles. The van der Waals surface area contributed by atoms with E-state index in [1.54, 1.807) is 0 Å². The Hall–Kier alpha value is -4.47. The summed E-state index contributed by atoms with van der Waals surface area (Å²) in [7, 11) is 0. The first-order valence-corrected chi connectivity index (χ1v) is 12.2. The lowest BCUT2D eigenvalue weighted by Crippen LogP contribution is -1.95. The summed E-state index contributed by atoms with van der Waals surface area (Å²) in [5, 5.41) is 5.26. The SMILES string of the molecule is Clc1ccc(-c2nc(-c3ccccc3)cc(-c3ccc4oc5ccc6ccccc6c5c4c3)n2)cc1. The maximum Gasteiger partial charge on any atom is 0.160 e. The van der Waals surface area contributed by atoms with E-state index >= 15 is 0 Å². The van der Waals surface area contributed by atoms with E-state index in [-0.39, 0.29) is 0 Å². The summed E-state index contributed by atoms with van der Waals surface area (Å²) in [6.07, 6.45) is 0. The van der Waals surface area contributed by atoms with E-state index in [0.717, 1.165) is 50.0 Å². The minimum absolute atomic E-state index is 0.658. The van der Waals surface area contributed by atoms with Gasteiger partial charge in [0.1, 0.15) is 11.2 Å². The number of hydrogen-bond donors (Lipinski definition) is 0. The number of aromatic nitrogens is 2. The van der Waals surface area contributed by atoms with Crippen molar-refractivity contribution in [2.24, 2.45) is 0 Å². The van der Waals surface area contributed by atoms with E-state index in [1.807, 2.05) is 54.6 Å². The van der Waals surface area contributed by atoms with E-state index in [9.17, 15) is 0 Å². The molecule has 0 aliphatic rings. The Balaban J connectivity index is 1.47. The van der Waals surface area contributed by atoms with Crippen LogP contribution >= 0.6 is 11.6 Å². The van der Waals surface area contributed by atoms with Crippen molar-refractivity contribution in [3.63, 3.8) is 0 Å². The standard InChI is InChI=1S/C32H19ClN2O/c33-24-14-10-22(11-15-24)32-34-27(21-7-2-1-3-8-21)19-28(35-32)23-13-16-29-26(18-23)31-25-9-5-4-6-20(25)12-17-30(31)36-29/h1-19H. The van der Waals surface area contributed by atoms with Gasteiger partial charge >= 0.3 is 0 Å². The highest BCUT2D eigenvalue weighted by molar-refractivity contribution is 6.30. The van der Waals surface area contributed by atoms with Gasteiger partial charge in [-0.25, -0.2) is 9.97 Å². The number of furan rings is 1. The van der Waals surface area contributed by atoms with Gasteiger partial charge in [0.15, 0.2) is 5.82 Å². The molecule has 2 aromatic heterocycles. The summed E-state index contributed by atoms with van der Waals surface area (Å²) >= 11 is 6.14. The lowest BCUT2D eigenvalue weighted by Gasteiger charge is -2.09. The van der Waals surface area contributed by atoms with E-state index < -0.39 is 0 Å². The van der Waals surface area contributed by atoms with Crippen LogP contribution in [0.5, 0.6) is 0 Å². The zero-order valence-corrected chi connectivity index (χ0v) is 19.9. The first-order chi connectivity index (χ1) is 17.7. The zero-order chi connectivity index (χ0) is 24.1. The molecule has 0 spiro atoms. The predicted octanol–water partition coefficient (Wildman–Crippen LogP) is 9.18. The second-order valence-electron chi connectivity index (χ2n) is 8.81. The first kappa shape index (κ1) is 20.9. The Morgan fingerprint density at radius 3 is 2.06 bits per heavy atom. The van der Waals surface area contributed by atoms with Gasteiger partial charge in [0.25, 0.3) is 0 Å². The van der Waals surface area contributed by atoms with Gasteiger partial charge in [-0.1, -0.05) is 72.3 Å². The fourth-order valence-electron chi connectivity index (χ4n) is 4.79. The van der Waals surface area contributed by atoms with Crippen LogP contribution < -0.4 is 0 Å². The molecule has 5 aromatic carbocycles. The van der Waals surface area contributed by atoms with Crippen molar-refractivity contribution in [2.45, 2.75) is 0 Å². The molecule has 0 aliphatic carbocycles. The highest BCUT2D eigenvalue weighted by atomic mass is 35.5. The van der Waals surface area contributed by atoms with Crippen LogP contribution in [0.4, 0.5) is 0 Å². The maximum atomic E-state index is 6.20. The maximum absolute atomic E-state index is 6.20. The molecule has 0 saturated heterocycles. The Kier molecular flexibility index (Phi) is 4.83. The molecule has 0 radical (unpaired) electrons. The molecule has 0 atom stereocenters. The summed E-state index contributed by atoms with van der Waals surface area (Å²) in [6.45, 7) is 0. The lowest BCUT2D eigenvalue weighted by atomic mass is 10.0. The van der Waals surface area contributed by atoms with E-state index in [4.69, 9.17) is 26.0 Å². The number of rotatable bonds is 3. The highest BCUT2D eigenvalue weighted by Gasteiger charge is 2.14. The quantitative estimate of drug-likeness (QED) is 0.252. The largest absolute Gasteiger partial charge is 0.456 e. The van der Waals surface area contributed by atoms with Gasteiger partial charge in [0.2, 0.25) is 0 Å². The molecule has 170 valence electrons. The average Bonchev–Trinajstić information content (AvgIpc) is 3.32. The minimum atomic E-state index is 0.658. The minimum Gasteiger partial charge on any atom is -0.456 e. The van der Waals surface area contributed by atoms with Gasteiger partial charge in [-0.05, 0) is 65.4 Å². The number of benzene rings is 5. The van der Waals surface area contributed by atoms with Crippen LogP contribution in [0.25, 0.3) is 66.6 Å². The number of fused-ring (bicyclic) bond motifs is 5. The van der Waals surface area contributed by atoms with Crippen molar-refractivity contribution in [3.8, 4) is 33.9 Å². The predicted molar refractivity (Wildman–Crippen MR) is 148 cm³/mol. The van der Waals surface area contributed by atoms with Gasteiger partial charge in [-0.2, -0.15) is 0 Å². The Morgan fingerprint density at radius 1 is 0.528 bits per heavy atom. The van der Waals surface area contributed by atoms with Gasteiger partial charge in [-0.15, -0.1) is 0 Å². The van der Waals surface area contributed by atoms with Gasteiger partial charge in [-0.3, -0.25) is 0 Å². The first-order valence-electron chi connectivity index (χ1n) is 11.8. The van der Waals surface area contributed by atoms with Crippen LogP contribution in [0.15, 0.2) is 120 Å². The highest BCUT2D eigenvalue weighted by Crippen LogP contribution is 2.37. The Morgan fingerprint density at radius 2 is 1.22 bits per heavy atom. The van der Waals surface area contributed by atoms with Crippen LogP contribution in [-0.2, 0) is 0 Å². The Bertz CT molecular complexity index is 1890. The molecule has 0 unspecified atom stereocenters. The monoisotopic (exact) mass is 482 g/mol. The molecule has 2 heterocycles. The normalized spacial score (nSPS) is 11.5. The molecule has 0 N–H and O–H groups in total. The van der Waals surface area contributed by atoms with Crippen molar-refractivity contribution in [1.29, 1.82) is 0 Å². The van der Waals surface area contributed by atoms with Gasteiger partial charge in [0.05, 0.1) is 11.4 Å². The van der Waals surface area contributed by atoms with Crippen molar-refractivity contribution in [3.05, 3.63) is 120 Å². The molecule has 36 heavy (non-hydrogen) atoms. The molecule has 7 aromatic rings. The second kappa shape index (κ2) is 8.33. The van der Waals surface area contributed by atoms with Crippen LogP contribution in [0, 0.1) is 0 Å². The third-order valence-corrected chi connectivity index (χ3v) is 6.81. The van der Waals surface area contributed by atoms with Crippen LogP contribution in [0.3, 0.4) is 0 Å². The molecule has 0 fully saturated rings. The van der Waals surface area contributed by atoms with Gasteiger partial charge in [0, 0.05) is 32.5 Å². The average molecular weight is 483 g/mol. The van der Waals surface area contributed by atoms with Crippen LogP contribution in [0.2, 0.25) is 5.02 Å². The van der Waals surface area contributed by atoms with E-state index in [1.165, 1.54) is 10.8 Å². The molecule has 0 saturated carbocycles. The van der Waals surface area contributed by atoms with Gasteiger partial charge < -0.3 is 4.42 Å². The molecule has 7 rings (SSSR count). The molecular formula is C32H19ClN2O. The number of halogens is 1. The molecule has 0 amide bonds. The van der Waals surface area contributed by atoms with Crippen molar-refractivity contribution in [1.82, 2.24) is 9.97 Å². The molecule has 0 bridgehead atoms. The summed E-state index contributed by atoms with van der Waals surface area (Å²) in [6, 6.07) is 38.7. The fraction of sp³-hybridized carbons (Fsp3) is 0. The number of nitrogens with zero attached hydrogens (tertiary/aromatic N) is 2. The number of hydrogen-bond acceptors (Lipinski definition) is 3. The summed E-state index contributed by atoms with van der Waals surface area (Å²) in [5.41, 5.74) is 6.43. The van der Waals surface area contributed by atoms with Crippen molar-refractivity contribution in [2.75, 3.05) is 0 Å². The summed E-state index contributed by atoms with van der Waals surface area (Å²) < 4.78 is 6.20. The molecule has 4 heteroatoms. The lowest BCUT2D eigenvalue weighted by molar-refractivity contribution is 0.669. The second-order valence-corrected chi connectivity index (χ2v) is 9.24. The summed E-state index contributed by atoms with van der Waals surface area (Å²) in [4.78, 5) is 9.88. The van der Waals surface area contributed by atoms with E-state index in [2.05, 4.69) is 60.7 Å². The Labute approximate surface area is 212 Å². The summed E-state index contributed by atoms with van der Waals surface area (Å²) in [5.74, 6) is 0.658. The smallest absolute Gasteiger partial charge is 0.160 e. The molecular weight excluding hydrogens is 464 g/mol. The zero-order valence-electron chi connectivity index (χ0n) is 19.2. The molecule has 3 nitrogen and oxygen atoms in total.